The number of rotatable bonds is 3. The molecule has 3 rings (SSSR count). The molecule has 1 aromatic rings. The van der Waals surface area contributed by atoms with E-state index in [1.54, 1.807) is 0 Å². The summed E-state index contributed by atoms with van der Waals surface area (Å²) in [6, 6.07) is 9.99. The average Bonchev–Trinajstić information content (AvgIpc) is 2.62. The van der Waals surface area contributed by atoms with Crippen molar-refractivity contribution in [3.05, 3.63) is 30.3 Å². The van der Waals surface area contributed by atoms with Gasteiger partial charge in [-0.1, -0.05) is 18.2 Å². The van der Waals surface area contributed by atoms with Crippen LogP contribution in [0.2, 0.25) is 0 Å². The lowest BCUT2D eigenvalue weighted by Crippen LogP contribution is -2.55. The van der Waals surface area contributed by atoms with Crippen LogP contribution >= 0.6 is 24.8 Å². The van der Waals surface area contributed by atoms with Gasteiger partial charge in [0.05, 0.1) is 6.04 Å². The number of benzene rings is 1. The third-order valence-electron chi connectivity index (χ3n) is 4.77. The van der Waals surface area contributed by atoms with Gasteiger partial charge >= 0.3 is 0 Å². The Morgan fingerprint density at radius 3 is 2.21 bits per heavy atom. The zero-order valence-electron chi connectivity index (χ0n) is 13.8. The molecule has 0 bridgehead atoms. The number of halogens is 2. The third-order valence-corrected chi connectivity index (χ3v) is 4.77. The SMILES string of the molecule is Cl.Cl.NC(C(=O)N1CCN(c2ccccc2)CC1)C1CCOCC1. The number of carbonyl (C=O) groups is 1. The summed E-state index contributed by atoms with van der Waals surface area (Å²) >= 11 is 0. The first-order chi connectivity index (χ1) is 10.8. The van der Waals surface area contributed by atoms with E-state index in [0.29, 0.717) is 0 Å². The smallest absolute Gasteiger partial charge is 0.239 e. The molecule has 136 valence electrons. The zero-order valence-corrected chi connectivity index (χ0v) is 15.4. The van der Waals surface area contributed by atoms with E-state index in [4.69, 9.17) is 10.5 Å². The van der Waals surface area contributed by atoms with Crippen molar-refractivity contribution in [2.45, 2.75) is 18.9 Å². The number of carbonyl (C=O) groups excluding carboxylic acids is 1. The van der Waals surface area contributed by atoms with Crippen molar-refractivity contribution in [2.75, 3.05) is 44.3 Å². The van der Waals surface area contributed by atoms with Crippen molar-refractivity contribution in [1.82, 2.24) is 4.90 Å². The number of nitrogens with two attached hydrogens (primary N) is 1. The molecule has 2 fully saturated rings. The second-order valence-electron chi connectivity index (χ2n) is 6.12. The third kappa shape index (κ3) is 4.99. The molecule has 1 amide bonds. The van der Waals surface area contributed by atoms with E-state index in [9.17, 15) is 4.79 Å². The first kappa shape index (κ1) is 21.0. The van der Waals surface area contributed by atoms with Gasteiger partial charge in [-0.2, -0.15) is 0 Å². The highest BCUT2D eigenvalue weighted by Gasteiger charge is 2.31. The molecule has 1 unspecified atom stereocenters. The number of para-hydroxylation sites is 1. The summed E-state index contributed by atoms with van der Waals surface area (Å²) in [6.07, 6.45) is 1.80. The summed E-state index contributed by atoms with van der Waals surface area (Å²) in [4.78, 5) is 16.8. The van der Waals surface area contributed by atoms with Crippen LogP contribution in [0.4, 0.5) is 5.69 Å². The van der Waals surface area contributed by atoms with Crippen molar-refractivity contribution >= 4 is 36.4 Å². The van der Waals surface area contributed by atoms with Crippen molar-refractivity contribution < 1.29 is 9.53 Å². The second-order valence-corrected chi connectivity index (χ2v) is 6.12. The first-order valence-corrected chi connectivity index (χ1v) is 8.18. The van der Waals surface area contributed by atoms with Gasteiger partial charge in [0, 0.05) is 45.1 Å². The summed E-state index contributed by atoms with van der Waals surface area (Å²) in [5.74, 6) is 0.382. The molecule has 0 radical (unpaired) electrons. The quantitative estimate of drug-likeness (QED) is 0.876. The number of piperazine rings is 1. The molecule has 1 aromatic carbocycles. The standard InChI is InChI=1S/C17H25N3O2.2ClH/c18-16(14-6-12-22-13-7-14)17(21)20-10-8-19(9-11-20)15-4-2-1-3-5-15;;/h1-5,14,16H,6-13,18H2;2*1H. The Morgan fingerprint density at radius 2 is 1.62 bits per heavy atom. The maximum atomic E-state index is 12.6. The zero-order chi connectivity index (χ0) is 15.4. The highest BCUT2D eigenvalue weighted by Crippen LogP contribution is 2.20. The van der Waals surface area contributed by atoms with Crippen LogP contribution in [0.3, 0.4) is 0 Å². The number of ether oxygens (including phenoxy) is 1. The van der Waals surface area contributed by atoms with Crippen LogP contribution in [0.15, 0.2) is 30.3 Å². The highest BCUT2D eigenvalue weighted by molar-refractivity contribution is 5.85. The molecular formula is C17H27Cl2N3O2. The molecule has 2 heterocycles. The predicted molar refractivity (Wildman–Crippen MR) is 101 cm³/mol. The molecule has 2 aliphatic heterocycles. The molecule has 0 aromatic heterocycles. The number of amides is 1. The Kier molecular flexibility index (Phi) is 8.84. The minimum Gasteiger partial charge on any atom is -0.381 e. The maximum Gasteiger partial charge on any atom is 0.239 e. The molecule has 2 aliphatic rings. The maximum absolute atomic E-state index is 12.6. The minimum absolute atomic E-state index is 0. The Balaban J connectivity index is 0.00000144. The largest absolute Gasteiger partial charge is 0.381 e. The van der Waals surface area contributed by atoms with Gasteiger partial charge in [-0.3, -0.25) is 4.79 Å². The molecule has 0 aliphatic carbocycles. The van der Waals surface area contributed by atoms with Gasteiger partial charge in [0.15, 0.2) is 0 Å². The normalized spacial score (nSPS) is 19.9. The van der Waals surface area contributed by atoms with Gasteiger partial charge in [0.2, 0.25) is 5.91 Å². The van der Waals surface area contributed by atoms with E-state index in [-0.39, 0.29) is 42.7 Å². The lowest BCUT2D eigenvalue weighted by atomic mass is 9.91. The van der Waals surface area contributed by atoms with Gasteiger partial charge in [0.1, 0.15) is 0 Å². The molecule has 24 heavy (non-hydrogen) atoms. The Bertz CT molecular complexity index is 490. The topological polar surface area (TPSA) is 58.8 Å². The molecule has 0 spiro atoms. The highest BCUT2D eigenvalue weighted by atomic mass is 35.5. The van der Waals surface area contributed by atoms with Gasteiger partial charge < -0.3 is 20.3 Å². The van der Waals surface area contributed by atoms with Crippen LogP contribution in [-0.4, -0.2) is 56.2 Å². The fourth-order valence-electron chi connectivity index (χ4n) is 3.31. The number of nitrogens with zero attached hydrogens (tertiary/aromatic N) is 2. The van der Waals surface area contributed by atoms with Crippen LogP contribution in [0.1, 0.15) is 12.8 Å². The predicted octanol–water partition coefficient (Wildman–Crippen LogP) is 1.93. The summed E-state index contributed by atoms with van der Waals surface area (Å²) in [5.41, 5.74) is 7.43. The molecular weight excluding hydrogens is 349 g/mol. The summed E-state index contributed by atoms with van der Waals surface area (Å²) in [6.45, 7) is 4.71. The van der Waals surface area contributed by atoms with E-state index in [1.807, 2.05) is 23.1 Å². The van der Waals surface area contributed by atoms with Crippen LogP contribution in [0.25, 0.3) is 0 Å². The van der Waals surface area contributed by atoms with Crippen molar-refractivity contribution in [2.24, 2.45) is 11.7 Å². The molecule has 2 saturated heterocycles. The van der Waals surface area contributed by atoms with Crippen molar-refractivity contribution in [3.63, 3.8) is 0 Å². The summed E-state index contributed by atoms with van der Waals surface area (Å²) < 4.78 is 5.35. The Morgan fingerprint density at radius 1 is 1.04 bits per heavy atom. The van der Waals surface area contributed by atoms with Crippen LogP contribution in [0, 0.1) is 5.92 Å². The van der Waals surface area contributed by atoms with E-state index in [0.717, 1.165) is 52.2 Å². The Labute approximate surface area is 156 Å². The summed E-state index contributed by atoms with van der Waals surface area (Å²) in [7, 11) is 0. The molecule has 5 nitrogen and oxygen atoms in total. The second kappa shape index (κ2) is 10.1. The summed E-state index contributed by atoms with van der Waals surface area (Å²) in [5, 5.41) is 0. The minimum atomic E-state index is -0.368. The average molecular weight is 376 g/mol. The fraction of sp³-hybridized carbons (Fsp3) is 0.588. The molecule has 0 saturated carbocycles. The monoisotopic (exact) mass is 375 g/mol. The fourth-order valence-corrected chi connectivity index (χ4v) is 3.31. The van der Waals surface area contributed by atoms with Crippen LogP contribution < -0.4 is 10.6 Å². The van der Waals surface area contributed by atoms with E-state index in [2.05, 4.69) is 17.0 Å². The molecule has 1 atom stereocenters. The van der Waals surface area contributed by atoms with Crippen molar-refractivity contribution in [3.8, 4) is 0 Å². The van der Waals surface area contributed by atoms with Crippen molar-refractivity contribution in [1.29, 1.82) is 0 Å². The van der Waals surface area contributed by atoms with E-state index < -0.39 is 0 Å². The van der Waals surface area contributed by atoms with Crippen LogP contribution in [0.5, 0.6) is 0 Å². The first-order valence-electron chi connectivity index (χ1n) is 8.18. The Hall–Kier alpha value is -1.01. The lowest BCUT2D eigenvalue weighted by Gasteiger charge is -2.38. The van der Waals surface area contributed by atoms with Gasteiger partial charge in [-0.15, -0.1) is 24.8 Å². The number of hydrogen-bond acceptors (Lipinski definition) is 4. The number of hydrogen-bond donors (Lipinski definition) is 1. The van der Waals surface area contributed by atoms with Gasteiger partial charge in [0.25, 0.3) is 0 Å². The lowest BCUT2D eigenvalue weighted by molar-refractivity contribution is -0.135. The molecule has 2 N–H and O–H groups in total. The van der Waals surface area contributed by atoms with Gasteiger partial charge in [-0.25, -0.2) is 0 Å². The number of anilines is 1. The van der Waals surface area contributed by atoms with E-state index >= 15 is 0 Å². The van der Waals surface area contributed by atoms with Gasteiger partial charge in [-0.05, 0) is 30.9 Å². The van der Waals surface area contributed by atoms with Crippen LogP contribution in [-0.2, 0) is 9.53 Å². The molecule has 7 heteroatoms. The van der Waals surface area contributed by atoms with E-state index in [1.165, 1.54) is 5.69 Å².